The third-order valence-corrected chi connectivity index (χ3v) is 5.26. The fourth-order valence-electron chi connectivity index (χ4n) is 4.01. The topological polar surface area (TPSA) is 59.8 Å². The number of anilines is 1. The Kier molecular flexibility index (Phi) is 3.67. The van der Waals surface area contributed by atoms with Crippen molar-refractivity contribution in [2.45, 2.75) is 32.2 Å². The van der Waals surface area contributed by atoms with Crippen LogP contribution in [-0.2, 0) is 4.79 Å². The van der Waals surface area contributed by atoms with Gasteiger partial charge in [-0.2, -0.15) is 4.98 Å². The van der Waals surface area contributed by atoms with Crippen LogP contribution >= 0.6 is 0 Å². The highest BCUT2D eigenvalue weighted by molar-refractivity contribution is 5.99. The van der Waals surface area contributed by atoms with Gasteiger partial charge in [0.25, 0.3) is 0 Å². The molecule has 0 amide bonds. The molecule has 134 valence electrons. The second kappa shape index (κ2) is 6.20. The molecule has 0 saturated carbocycles. The molecule has 1 atom stereocenters. The first-order chi connectivity index (χ1) is 13.2. The molecule has 0 saturated heterocycles. The van der Waals surface area contributed by atoms with Crippen LogP contribution in [0.1, 0.15) is 36.4 Å². The fraction of sp³-hybridized carbons (Fsp3) is 0.227. The first-order valence-corrected chi connectivity index (χ1v) is 9.32. The summed E-state index contributed by atoms with van der Waals surface area (Å²) < 4.78 is 1.87. The largest absolute Gasteiger partial charge is 0.328 e. The van der Waals surface area contributed by atoms with Gasteiger partial charge in [0, 0.05) is 23.3 Å². The molecule has 1 aromatic heterocycles. The minimum atomic E-state index is -0.226. The standard InChI is InChI=1S/C22H20N4O/c1-14-7-5-10-16(13-14)21-24-22-23-17-11-6-12-18(27)19(17)20(26(22)25-21)15-8-3-2-4-9-15/h2-5,7-10,13,20H,6,11-12H2,1H3,(H,23,24,25). The minimum Gasteiger partial charge on any atom is -0.328 e. The predicted octanol–water partition coefficient (Wildman–Crippen LogP) is 4.28. The summed E-state index contributed by atoms with van der Waals surface area (Å²) in [6, 6.07) is 18.1. The highest BCUT2D eigenvalue weighted by Crippen LogP contribution is 2.40. The van der Waals surface area contributed by atoms with Gasteiger partial charge in [-0.25, -0.2) is 4.68 Å². The van der Waals surface area contributed by atoms with Gasteiger partial charge in [-0.05, 0) is 31.4 Å². The molecule has 2 aliphatic rings. The summed E-state index contributed by atoms with van der Waals surface area (Å²) in [5, 5.41) is 8.18. The smallest absolute Gasteiger partial charge is 0.226 e. The highest BCUT2D eigenvalue weighted by Gasteiger charge is 2.36. The maximum Gasteiger partial charge on any atom is 0.226 e. The number of carbonyl (C=O) groups is 1. The SMILES string of the molecule is Cc1cccc(-c2nc3n(n2)C(c2ccccc2)C2=C(CCCC2=O)N3)c1. The van der Waals surface area contributed by atoms with Crippen LogP contribution in [0.2, 0.25) is 0 Å². The number of Topliss-reactive ketones (excluding diaryl/α,β-unsaturated/α-hetero) is 1. The van der Waals surface area contributed by atoms with Gasteiger partial charge >= 0.3 is 0 Å². The zero-order chi connectivity index (χ0) is 18.4. The van der Waals surface area contributed by atoms with E-state index in [0.29, 0.717) is 18.2 Å². The van der Waals surface area contributed by atoms with Crippen LogP contribution in [0.5, 0.6) is 0 Å². The number of nitrogens with zero attached hydrogens (tertiary/aromatic N) is 3. The van der Waals surface area contributed by atoms with Crippen molar-refractivity contribution in [3.05, 3.63) is 77.0 Å². The van der Waals surface area contributed by atoms with Crippen molar-refractivity contribution in [3.8, 4) is 11.4 Å². The molecule has 5 heteroatoms. The summed E-state index contributed by atoms with van der Waals surface area (Å²) >= 11 is 0. The maximum atomic E-state index is 12.8. The number of nitrogens with one attached hydrogen (secondary N) is 1. The molecule has 5 rings (SSSR count). The lowest BCUT2D eigenvalue weighted by molar-refractivity contribution is -0.116. The zero-order valence-corrected chi connectivity index (χ0v) is 15.1. The lowest BCUT2D eigenvalue weighted by Crippen LogP contribution is -2.31. The minimum absolute atomic E-state index is 0.204. The quantitative estimate of drug-likeness (QED) is 0.745. The summed E-state index contributed by atoms with van der Waals surface area (Å²) in [6.45, 7) is 2.06. The van der Waals surface area contributed by atoms with Gasteiger partial charge in [0.2, 0.25) is 5.95 Å². The number of benzene rings is 2. The Labute approximate surface area is 157 Å². The van der Waals surface area contributed by atoms with E-state index >= 15 is 0 Å². The third-order valence-electron chi connectivity index (χ3n) is 5.26. The molecule has 0 bridgehead atoms. The van der Waals surface area contributed by atoms with Crippen LogP contribution in [0.3, 0.4) is 0 Å². The van der Waals surface area contributed by atoms with E-state index in [2.05, 4.69) is 36.5 Å². The van der Waals surface area contributed by atoms with Gasteiger partial charge in [0.15, 0.2) is 11.6 Å². The number of ketones is 1. The lowest BCUT2D eigenvalue weighted by Gasteiger charge is -2.32. The number of allylic oxidation sites excluding steroid dienone is 2. The van der Waals surface area contributed by atoms with Crippen LogP contribution in [-0.4, -0.2) is 20.5 Å². The molecule has 1 aliphatic heterocycles. The molecule has 27 heavy (non-hydrogen) atoms. The second-order valence-corrected chi connectivity index (χ2v) is 7.18. The van der Waals surface area contributed by atoms with E-state index in [-0.39, 0.29) is 11.8 Å². The Morgan fingerprint density at radius 3 is 2.74 bits per heavy atom. The van der Waals surface area contributed by atoms with Crippen molar-refractivity contribution in [3.63, 3.8) is 0 Å². The Hall–Kier alpha value is -3.21. The number of aromatic nitrogens is 3. The van der Waals surface area contributed by atoms with E-state index in [1.807, 2.05) is 35.0 Å². The van der Waals surface area contributed by atoms with Crippen molar-refractivity contribution in [2.24, 2.45) is 0 Å². The van der Waals surface area contributed by atoms with E-state index in [9.17, 15) is 4.79 Å². The van der Waals surface area contributed by atoms with E-state index in [4.69, 9.17) is 10.1 Å². The van der Waals surface area contributed by atoms with Gasteiger partial charge in [0.1, 0.15) is 6.04 Å². The monoisotopic (exact) mass is 356 g/mol. The van der Waals surface area contributed by atoms with Gasteiger partial charge in [0.05, 0.1) is 0 Å². The number of hydrogen-bond donors (Lipinski definition) is 1. The second-order valence-electron chi connectivity index (χ2n) is 7.18. The van der Waals surface area contributed by atoms with Crippen molar-refractivity contribution in [1.82, 2.24) is 14.8 Å². The molecular weight excluding hydrogens is 336 g/mol. The summed E-state index contributed by atoms with van der Waals surface area (Å²) in [4.78, 5) is 17.5. The number of hydrogen-bond acceptors (Lipinski definition) is 4. The number of aryl methyl sites for hydroxylation is 1. The number of rotatable bonds is 2. The van der Waals surface area contributed by atoms with Crippen LogP contribution in [0.15, 0.2) is 65.9 Å². The van der Waals surface area contributed by atoms with Crippen LogP contribution < -0.4 is 5.32 Å². The summed E-state index contributed by atoms with van der Waals surface area (Å²) in [5.74, 6) is 1.58. The average molecular weight is 356 g/mol. The molecule has 0 radical (unpaired) electrons. The molecule has 0 fully saturated rings. The molecule has 1 aliphatic carbocycles. The molecule has 0 spiro atoms. The summed E-state index contributed by atoms with van der Waals surface area (Å²) in [5.41, 5.74) is 5.04. The zero-order valence-electron chi connectivity index (χ0n) is 15.1. The molecule has 2 aromatic carbocycles. The number of carbonyl (C=O) groups excluding carboxylic acids is 1. The third kappa shape index (κ3) is 2.67. The summed E-state index contributed by atoms with van der Waals surface area (Å²) in [6.07, 6.45) is 2.35. The van der Waals surface area contributed by atoms with Gasteiger partial charge in [-0.3, -0.25) is 4.79 Å². The van der Waals surface area contributed by atoms with Gasteiger partial charge in [-0.15, -0.1) is 5.10 Å². The lowest BCUT2D eigenvalue weighted by atomic mass is 9.85. The van der Waals surface area contributed by atoms with Crippen LogP contribution in [0.4, 0.5) is 5.95 Å². The van der Waals surface area contributed by atoms with Crippen molar-refractivity contribution in [2.75, 3.05) is 5.32 Å². The maximum absolute atomic E-state index is 12.8. The Balaban J connectivity index is 1.68. The first-order valence-electron chi connectivity index (χ1n) is 9.32. The Bertz CT molecular complexity index is 1060. The fourth-order valence-corrected chi connectivity index (χ4v) is 4.01. The molecule has 1 unspecified atom stereocenters. The molecule has 2 heterocycles. The van der Waals surface area contributed by atoms with Crippen LogP contribution in [0, 0.1) is 6.92 Å². The van der Waals surface area contributed by atoms with E-state index < -0.39 is 0 Å². The van der Waals surface area contributed by atoms with E-state index in [0.717, 1.165) is 35.2 Å². The van der Waals surface area contributed by atoms with Crippen molar-refractivity contribution in [1.29, 1.82) is 0 Å². The Morgan fingerprint density at radius 1 is 1.07 bits per heavy atom. The summed E-state index contributed by atoms with van der Waals surface area (Å²) in [7, 11) is 0. The average Bonchev–Trinajstić information content (AvgIpc) is 3.11. The van der Waals surface area contributed by atoms with E-state index in [1.165, 1.54) is 5.56 Å². The highest BCUT2D eigenvalue weighted by atomic mass is 16.1. The molecular formula is C22H20N4O. The Morgan fingerprint density at radius 2 is 1.93 bits per heavy atom. The van der Waals surface area contributed by atoms with Crippen molar-refractivity contribution < 1.29 is 4.79 Å². The molecule has 5 nitrogen and oxygen atoms in total. The molecule has 1 N–H and O–H groups in total. The van der Waals surface area contributed by atoms with Gasteiger partial charge in [-0.1, -0.05) is 54.1 Å². The van der Waals surface area contributed by atoms with Crippen LogP contribution in [0.25, 0.3) is 11.4 Å². The van der Waals surface area contributed by atoms with Crippen molar-refractivity contribution >= 4 is 11.7 Å². The van der Waals surface area contributed by atoms with Gasteiger partial charge < -0.3 is 5.32 Å². The first kappa shape index (κ1) is 16.0. The molecule has 3 aromatic rings. The van der Waals surface area contributed by atoms with E-state index in [1.54, 1.807) is 0 Å². The predicted molar refractivity (Wildman–Crippen MR) is 104 cm³/mol. The normalized spacial score (nSPS) is 18.7. The number of fused-ring (bicyclic) bond motifs is 1.